The van der Waals surface area contributed by atoms with Crippen molar-refractivity contribution in [2.45, 2.75) is 72.1 Å². The highest BCUT2D eigenvalue weighted by atomic mass is 32.2. The van der Waals surface area contributed by atoms with E-state index < -0.39 is 6.10 Å². The Hall–Kier alpha value is -2.23. The maximum absolute atomic E-state index is 12.9. The number of hydrogen-bond donors (Lipinski definition) is 2. The van der Waals surface area contributed by atoms with Crippen molar-refractivity contribution in [2.75, 3.05) is 11.2 Å². The van der Waals surface area contributed by atoms with E-state index in [1.165, 1.54) is 23.1 Å². The molecule has 2 N–H and O–H groups in total. The van der Waals surface area contributed by atoms with Gasteiger partial charge in [-0.05, 0) is 63.3 Å². The van der Waals surface area contributed by atoms with Crippen LogP contribution in [0.3, 0.4) is 0 Å². The Morgan fingerprint density at radius 3 is 2.65 bits per heavy atom. The number of carbonyl (C=O) groups excluding carboxylic acids is 1. The fourth-order valence-electron chi connectivity index (χ4n) is 4.48. The zero-order valence-corrected chi connectivity index (χ0v) is 22.2. The smallest absolute Gasteiger partial charge is 0.255 e. The highest BCUT2D eigenvalue weighted by Crippen LogP contribution is 2.41. The lowest BCUT2D eigenvalue weighted by molar-refractivity contribution is -0.0281. The molecule has 1 amide bonds. The van der Waals surface area contributed by atoms with E-state index in [4.69, 9.17) is 0 Å². The van der Waals surface area contributed by atoms with E-state index >= 15 is 0 Å². The Kier molecular flexibility index (Phi) is 9.27. The first kappa shape index (κ1) is 26.4. The lowest BCUT2D eigenvalue weighted by Crippen LogP contribution is -2.62. The van der Waals surface area contributed by atoms with Crippen LogP contribution in [0.2, 0.25) is 0 Å². The lowest BCUT2D eigenvalue weighted by atomic mass is 9.74. The zero-order valence-electron chi connectivity index (χ0n) is 20.6. The van der Waals surface area contributed by atoms with Gasteiger partial charge in [-0.25, -0.2) is 9.97 Å². The second-order valence-corrected chi connectivity index (χ2v) is 10.4. The molecule has 2 aromatic heterocycles. The number of hydrogen-bond acceptors (Lipinski definition) is 8. The van der Waals surface area contributed by atoms with Crippen LogP contribution in [-0.4, -0.2) is 50.6 Å². The van der Waals surface area contributed by atoms with Gasteiger partial charge in [0.05, 0.1) is 27.7 Å². The van der Waals surface area contributed by atoms with Crippen molar-refractivity contribution in [3.63, 3.8) is 0 Å². The number of pyridine rings is 1. The number of piperidine rings is 1. The molecule has 0 saturated carbocycles. The van der Waals surface area contributed by atoms with Crippen molar-refractivity contribution in [3.05, 3.63) is 44.9 Å². The summed E-state index contributed by atoms with van der Waals surface area (Å²) in [5, 5.41) is 15.6. The topological polar surface area (TPSA) is 90.7 Å². The Balaban J connectivity index is 0.00000158. The maximum Gasteiger partial charge on any atom is 0.255 e. The third kappa shape index (κ3) is 5.87. The maximum atomic E-state index is 12.9. The van der Waals surface area contributed by atoms with Crippen LogP contribution in [-0.2, 0) is 0 Å². The van der Waals surface area contributed by atoms with E-state index in [0.29, 0.717) is 28.5 Å². The standard InChI is InChI=1S/C23H29N5O2S2.C2H6/c1-13-7-17-9-18(8-13)28(17)23(30)16-5-6-20(25-10-16)26-12-31-11-19(24-4)21-14(2)27-22(32-21)15(3)29;1-2/h5-6,10-11,13,15,17-18,29H,4,7-9,12H2,1-3H3,(H,25,26);1-2H3/b19-11-;/t13?,15?,17-,18+;. The van der Waals surface area contributed by atoms with Gasteiger partial charge in [0.1, 0.15) is 16.9 Å². The summed E-state index contributed by atoms with van der Waals surface area (Å²) in [7, 11) is 0. The van der Waals surface area contributed by atoms with Gasteiger partial charge in [-0.15, -0.1) is 23.1 Å². The van der Waals surface area contributed by atoms with Crippen LogP contribution in [0.1, 0.15) is 79.0 Å². The molecule has 0 aliphatic carbocycles. The van der Waals surface area contributed by atoms with E-state index in [9.17, 15) is 9.90 Å². The number of anilines is 1. The number of aliphatic hydroxyl groups is 1. The number of nitrogens with one attached hydrogen (secondary N) is 1. The molecular formula is C25H35N5O2S2. The van der Waals surface area contributed by atoms with Crippen molar-refractivity contribution in [3.8, 4) is 0 Å². The summed E-state index contributed by atoms with van der Waals surface area (Å²) < 4.78 is 0. The molecular weight excluding hydrogens is 466 g/mol. The first-order chi connectivity index (χ1) is 16.4. The summed E-state index contributed by atoms with van der Waals surface area (Å²) in [6.45, 7) is 13.5. The minimum atomic E-state index is -0.599. The molecule has 4 heterocycles. The summed E-state index contributed by atoms with van der Waals surface area (Å²) in [6.07, 6.45) is 4.44. The Morgan fingerprint density at radius 1 is 1.38 bits per heavy atom. The first-order valence-corrected chi connectivity index (χ1v) is 13.7. The summed E-state index contributed by atoms with van der Waals surface area (Å²) in [6, 6.07) is 4.52. The minimum absolute atomic E-state index is 0.104. The number of rotatable bonds is 8. The average Bonchev–Trinajstić information content (AvgIpc) is 3.22. The highest BCUT2D eigenvalue weighted by molar-refractivity contribution is 8.02. The minimum Gasteiger partial charge on any atom is -0.386 e. The van der Waals surface area contributed by atoms with Crippen molar-refractivity contribution in [2.24, 2.45) is 10.9 Å². The molecule has 4 rings (SSSR count). The Bertz CT molecular complexity index is 1010. The molecule has 7 nitrogen and oxygen atoms in total. The van der Waals surface area contributed by atoms with Crippen LogP contribution < -0.4 is 5.32 Å². The fraction of sp³-hybridized carbons (Fsp3) is 0.520. The van der Waals surface area contributed by atoms with Gasteiger partial charge < -0.3 is 15.3 Å². The number of nitrogens with zero attached hydrogens (tertiary/aromatic N) is 4. The molecule has 2 saturated heterocycles. The van der Waals surface area contributed by atoms with Crippen molar-refractivity contribution in [1.82, 2.24) is 14.9 Å². The first-order valence-electron chi connectivity index (χ1n) is 11.8. The Labute approximate surface area is 210 Å². The van der Waals surface area contributed by atoms with E-state index in [1.807, 2.05) is 38.3 Å². The van der Waals surface area contributed by atoms with Gasteiger partial charge in [-0.1, -0.05) is 20.8 Å². The number of aromatic nitrogens is 2. The van der Waals surface area contributed by atoms with Gasteiger partial charge in [0.25, 0.3) is 5.91 Å². The van der Waals surface area contributed by atoms with E-state index in [1.54, 1.807) is 13.1 Å². The van der Waals surface area contributed by atoms with Crippen LogP contribution in [0.4, 0.5) is 5.82 Å². The molecule has 2 aliphatic rings. The zero-order chi connectivity index (χ0) is 24.8. The number of thiazole rings is 1. The summed E-state index contributed by atoms with van der Waals surface area (Å²) >= 11 is 2.96. The van der Waals surface area contributed by atoms with Gasteiger partial charge in [-0.3, -0.25) is 9.79 Å². The van der Waals surface area contributed by atoms with Crippen molar-refractivity contribution in [1.29, 1.82) is 0 Å². The van der Waals surface area contributed by atoms with Crippen LogP contribution in [0.25, 0.3) is 5.70 Å². The number of aryl methyl sites for hydroxylation is 1. The largest absolute Gasteiger partial charge is 0.386 e. The summed E-state index contributed by atoms with van der Waals surface area (Å²) in [4.78, 5) is 28.7. The number of fused-ring (bicyclic) bond motifs is 2. The molecule has 0 aromatic carbocycles. The van der Waals surface area contributed by atoms with Gasteiger partial charge in [-0.2, -0.15) is 0 Å². The van der Waals surface area contributed by atoms with Gasteiger partial charge in [0, 0.05) is 18.3 Å². The van der Waals surface area contributed by atoms with Crippen LogP contribution in [0.15, 0.2) is 28.7 Å². The van der Waals surface area contributed by atoms with Crippen LogP contribution >= 0.6 is 23.1 Å². The molecule has 34 heavy (non-hydrogen) atoms. The van der Waals surface area contributed by atoms with Crippen LogP contribution in [0.5, 0.6) is 0 Å². The highest BCUT2D eigenvalue weighted by Gasteiger charge is 2.46. The summed E-state index contributed by atoms with van der Waals surface area (Å²) in [5.74, 6) is 2.14. The van der Waals surface area contributed by atoms with Gasteiger partial charge in [0.15, 0.2) is 0 Å². The SMILES string of the molecule is C=N/C(=C\SCNc1ccc(C(=O)N2[C@@H]3CC(C)C[C@H]2C3)cn1)c1sc(C(C)O)nc1C.CC. The fourth-order valence-corrected chi connectivity index (χ4v) is 6.21. The molecule has 0 radical (unpaired) electrons. The molecule has 184 valence electrons. The number of aliphatic hydroxyl groups excluding tert-OH is 1. The normalized spacial score (nSPS) is 22.2. The second-order valence-electron chi connectivity index (χ2n) is 8.56. The van der Waals surface area contributed by atoms with Gasteiger partial charge in [0.2, 0.25) is 0 Å². The van der Waals surface area contributed by atoms with E-state index in [0.717, 1.165) is 47.3 Å². The van der Waals surface area contributed by atoms with Crippen molar-refractivity contribution < 1.29 is 9.90 Å². The predicted molar refractivity (Wildman–Crippen MR) is 143 cm³/mol. The molecule has 2 unspecified atom stereocenters. The van der Waals surface area contributed by atoms with Crippen LogP contribution in [0, 0.1) is 12.8 Å². The molecule has 2 aliphatic heterocycles. The molecule has 2 aromatic rings. The quantitative estimate of drug-likeness (QED) is 0.272. The predicted octanol–water partition coefficient (Wildman–Crippen LogP) is 5.74. The third-order valence-electron chi connectivity index (χ3n) is 6.03. The Morgan fingerprint density at radius 2 is 2.09 bits per heavy atom. The van der Waals surface area contributed by atoms with E-state index in [2.05, 4.69) is 38.8 Å². The molecule has 9 heteroatoms. The van der Waals surface area contributed by atoms with E-state index in [-0.39, 0.29) is 5.91 Å². The number of aliphatic imine (C=N–C) groups is 1. The molecule has 2 bridgehead atoms. The number of thioether (sulfide) groups is 1. The number of amides is 1. The molecule has 0 spiro atoms. The molecule has 2 fully saturated rings. The second kappa shape index (κ2) is 12.0. The third-order valence-corrected chi connectivity index (χ3v) is 8.08. The van der Waals surface area contributed by atoms with Crippen molar-refractivity contribution >= 4 is 47.2 Å². The summed E-state index contributed by atoms with van der Waals surface area (Å²) in [5.41, 5.74) is 2.22. The lowest BCUT2D eigenvalue weighted by Gasteiger charge is -2.55. The number of carbonyl (C=O) groups is 1. The average molecular weight is 502 g/mol. The monoisotopic (exact) mass is 501 g/mol. The molecule has 4 atom stereocenters. The van der Waals surface area contributed by atoms with Gasteiger partial charge >= 0.3 is 0 Å².